The lowest BCUT2D eigenvalue weighted by Crippen LogP contribution is -2.13. The third-order valence-electron chi connectivity index (χ3n) is 2.57. The second kappa shape index (κ2) is 6.72. The highest BCUT2D eigenvalue weighted by Crippen LogP contribution is 2.05. The van der Waals surface area contributed by atoms with E-state index >= 15 is 0 Å². The van der Waals surface area contributed by atoms with Gasteiger partial charge in [-0.15, -0.1) is 0 Å². The van der Waals surface area contributed by atoms with Crippen LogP contribution in [0.3, 0.4) is 0 Å². The number of esters is 1. The normalized spacial score (nSPS) is 11.3. The van der Waals surface area contributed by atoms with Gasteiger partial charge in [0, 0.05) is 18.4 Å². The molecule has 1 aromatic heterocycles. The zero-order valence-corrected chi connectivity index (χ0v) is 11.8. The lowest BCUT2D eigenvalue weighted by Gasteiger charge is -2.04. The van der Waals surface area contributed by atoms with Crippen molar-refractivity contribution in [3.05, 3.63) is 29.2 Å². The van der Waals surface area contributed by atoms with Crippen molar-refractivity contribution >= 4 is 11.7 Å². The second-order valence-corrected chi connectivity index (χ2v) is 4.15. The average Bonchev–Trinajstić information content (AvgIpc) is 2.71. The number of carbonyl (C=O) groups is 1. The van der Waals surface area contributed by atoms with Crippen LogP contribution in [0.4, 0.5) is 0 Å². The van der Waals surface area contributed by atoms with Crippen molar-refractivity contribution in [3.8, 4) is 0 Å². The molecule has 0 spiro atoms. The molecule has 6 nitrogen and oxygen atoms in total. The van der Waals surface area contributed by atoms with Gasteiger partial charge in [0.25, 0.3) is 0 Å². The Morgan fingerprint density at radius 3 is 2.89 bits per heavy atom. The Kier molecular flexibility index (Phi) is 5.29. The molecule has 1 aromatic rings. The number of rotatable bonds is 6. The van der Waals surface area contributed by atoms with Gasteiger partial charge in [-0.05, 0) is 32.9 Å². The van der Waals surface area contributed by atoms with Gasteiger partial charge in [-0.2, -0.15) is 5.10 Å². The Morgan fingerprint density at radius 2 is 2.32 bits per heavy atom. The molecule has 0 aliphatic heterocycles. The summed E-state index contributed by atoms with van der Waals surface area (Å²) in [6.45, 7) is 6.13. The Hall–Kier alpha value is -2.11. The van der Waals surface area contributed by atoms with Gasteiger partial charge in [0.1, 0.15) is 0 Å². The molecule has 0 aliphatic rings. The summed E-state index contributed by atoms with van der Waals surface area (Å²) in [4.78, 5) is 11.5. The molecule has 2 N–H and O–H groups in total. The minimum atomic E-state index is -0.433. The van der Waals surface area contributed by atoms with Crippen LogP contribution in [0.2, 0.25) is 0 Å². The highest BCUT2D eigenvalue weighted by Gasteiger charge is 2.13. The summed E-state index contributed by atoms with van der Waals surface area (Å²) < 4.78 is 6.51. The van der Waals surface area contributed by atoms with Gasteiger partial charge in [-0.3, -0.25) is 4.68 Å². The van der Waals surface area contributed by atoms with Crippen LogP contribution >= 0.6 is 0 Å². The number of aromatic nitrogens is 2. The van der Waals surface area contributed by atoms with Gasteiger partial charge in [0.05, 0.1) is 18.9 Å². The summed E-state index contributed by atoms with van der Waals surface area (Å²) in [7, 11) is 1.80. The average molecular weight is 264 g/mol. The number of carbonyl (C=O) groups excluding carboxylic acids is 1. The predicted octanol–water partition coefficient (Wildman–Crippen LogP) is 1.51. The first kappa shape index (κ1) is 14.9. The summed E-state index contributed by atoms with van der Waals surface area (Å²) in [5.41, 5.74) is 2.42. The molecule has 0 aliphatic carbocycles. The molecule has 0 atom stereocenters. The van der Waals surface area contributed by atoms with Crippen LogP contribution in [0.15, 0.2) is 17.8 Å². The van der Waals surface area contributed by atoms with E-state index in [0.29, 0.717) is 18.9 Å². The number of hydrogen-bond acceptors (Lipinski definition) is 5. The van der Waals surface area contributed by atoms with Gasteiger partial charge >= 0.3 is 5.97 Å². The molecule has 0 radical (unpaired) electrons. The van der Waals surface area contributed by atoms with E-state index in [4.69, 9.17) is 10.1 Å². The van der Waals surface area contributed by atoms with E-state index in [9.17, 15) is 4.79 Å². The monoisotopic (exact) mass is 264 g/mol. The van der Waals surface area contributed by atoms with Crippen LogP contribution in [-0.4, -0.2) is 35.1 Å². The zero-order chi connectivity index (χ0) is 14.4. The molecule has 19 heavy (non-hydrogen) atoms. The lowest BCUT2D eigenvalue weighted by atomic mass is 10.3. The van der Waals surface area contributed by atoms with Crippen molar-refractivity contribution in [3.63, 3.8) is 0 Å². The van der Waals surface area contributed by atoms with Gasteiger partial charge in [-0.25, -0.2) is 4.79 Å². The fraction of sp³-hybridized carbons (Fsp3) is 0.462. The highest BCUT2D eigenvalue weighted by atomic mass is 16.5. The maximum absolute atomic E-state index is 11.5. The molecule has 1 heterocycles. The van der Waals surface area contributed by atoms with Crippen LogP contribution in [0.1, 0.15) is 30.0 Å². The Morgan fingerprint density at radius 1 is 1.63 bits per heavy atom. The summed E-state index contributed by atoms with van der Waals surface area (Å²) in [5, 5.41) is 15.0. The first-order valence-electron chi connectivity index (χ1n) is 6.13. The van der Waals surface area contributed by atoms with E-state index in [1.54, 1.807) is 30.8 Å². The van der Waals surface area contributed by atoms with Crippen LogP contribution in [0.25, 0.3) is 0 Å². The number of allylic oxidation sites excluding steroid dienone is 2. The van der Waals surface area contributed by atoms with Gasteiger partial charge in [0.15, 0.2) is 5.69 Å². The first-order valence-corrected chi connectivity index (χ1v) is 6.13. The Bertz CT molecular complexity index is 503. The fourth-order valence-corrected chi connectivity index (χ4v) is 1.52. The van der Waals surface area contributed by atoms with E-state index in [-0.39, 0.29) is 5.69 Å². The number of ether oxygens (including phenoxy) is 1. The molecule has 104 valence electrons. The summed E-state index contributed by atoms with van der Waals surface area (Å²) >= 11 is 0. The fourth-order valence-electron chi connectivity index (χ4n) is 1.52. The molecular formula is C13H20N4O2. The van der Waals surface area contributed by atoms with Gasteiger partial charge in [0.2, 0.25) is 0 Å². The Labute approximate surface area is 113 Å². The highest BCUT2D eigenvalue weighted by molar-refractivity contribution is 5.92. The smallest absolute Gasteiger partial charge is 0.358 e. The maximum atomic E-state index is 11.5. The van der Waals surface area contributed by atoms with Crippen LogP contribution in [-0.2, 0) is 11.3 Å². The molecule has 1 rings (SSSR count). The van der Waals surface area contributed by atoms with E-state index in [0.717, 1.165) is 11.4 Å². The SMILES string of the molecule is CCOC(=O)c1cc(C)n(CC(=N)/C=C(/C)NC)n1. The lowest BCUT2D eigenvalue weighted by molar-refractivity contribution is 0.0518. The van der Waals surface area contributed by atoms with Crippen molar-refractivity contribution in [1.82, 2.24) is 15.1 Å². The van der Waals surface area contributed by atoms with Crippen molar-refractivity contribution < 1.29 is 9.53 Å². The standard InChI is InChI=1S/C13H20N4O2/c1-5-19-13(18)12-7-10(3)17(16-12)8-11(14)6-9(2)15-4/h6-7,14-15H,5,8H2,1-4H3/b9-6-,14-11?. The number of aryl methyl sites for hydroxylation is 1. The predicted molar refractivity (Wildman–Crippen MR) is 73.5 cm³/mol. The minimum absolute atomic E-state index is 0.279. The molecule has 0 fully saturated rings. The molecule has 0 saturated carbocycles. The van der Waals surface area contributed by atoms with Gasteiger partial charge in [-0.1, -0.05) is 0 Å². The number of hydrogen-bond donors (Lipinski definition) is 2. The molecule has 0 amide bonds. The van der Waals surface area contributed by atoms with Crippen molar-refractivity contribution in [1.29, 1.82) is 5.41 Å². The van der Waals surface area contributed by atoms with Crippen LogP contribution in [0.5, 0.6) is 0 Å². The van der Waals surface area contributed by atoms with Crippen LogP contribution < -0.4 is 5.32 Å². The largest absolute Gasteiger partial charge is 0.461 e. The third kappa shape index (κ3) is 4.24. The summed E-state index contributed by atoms with van der Waals surface area (Å²) in [5.74, 6) is -0.433. The molecular weight excluding hydrogens is 244 g/mol. The maximum Gasteiger partial charge on any atom is 0.358 e. The molecule has 0 bridgehead atoms. The number of nitrogens with one attached hydrogen (secondary N) is 2. The third-order valence-corrected chi connectivity index (χ3v) is 2.57. The second-order valence-electron chi connectivity index (χ2n) is 4.15. The van der Waals surface area contributed by atoms with Crippen molar-refractivity contribution in [2.24, 2.45) is 0 Å². The quantitative estimate of drug-likeness (QED) is 0.603. The van der Waals surface area contributed by atoms with E-state index in [2.05, 4.69) is 10.4 Å². The van der Waals surface area contributed by atoms with Crippen molar-refractivity contribution in [2.45, 2.75) is 27.3 Å². The van der Waals surface area contributed by atoms with E-state index < -0.39 is 5.97 Å². The topological polar surface area (TPSA) is 80.0 Å². The van der Waals surface area contributed by atoms with Crippen molar-refractivity contribution in [2.75, 3.05) is 13.7 Å². The molecule has 6 heteroatoms. The molecule has 0 saturated heterocycles. The number of nitrogens with zero attached hydrogens (tertiary/aromatic N) is 2. The first-order chi connectivity index (χ1) is 8.97. The minimum Gasteiger partial charge on any atom is -0.461 e. The molecule has 0 aromatic carbocycles. The summed E-state index contributed by atoms with van der Waals surface area (Å²) in [6.07, 6.45) is 1.73. The summed E-state index contributed by atoms with van der Waals surface area (Å²) in [6, 6.07) is 1.67. The Balaban J connectivity index is 2.80. The van der Waals surface area contributed by atoms with Crippen LogP contribution in [0, 0.1) is 12.3 Å². The van der Waals surface area contributed by atoms with Gasteiger partial charge < -0.3 is 15.5 Å². The molecule has 0 unspecified atom stereocenters. The zero-order valence-electron chi connectivity index (χ0n) is 11.8. The van der Waals surface area contributed by atoms with E-state index in [1.807, 2.05) is 13.8 Å². The van der Waals surface area contributed by atoms with E-state index in [1.165, 1.54) is 0 Å².